The van der Waals surface area contributed by atoms with E-state index in [-0.39, 0.29) is 5.78 Å². The Morgan fingerprint density at radius 1 is 0.947 bits per heavy atom. The quantitative estimate of drug-likeness (QED) is 0.837. The van der Waals surface area contributed by atoms with Crippen LogP contribution in [0, 0.1) is 20.8 Å². The first-order valence-corrected chi connectivity index (χ1v) is 6.47. The van der Waals surface area contributed by atoms with Gasteiger partial charge < -0.3 is 5.32 Å². The molecule has 2 aromatic rings. The summed E-state index contributed by atoms with van der Waals surface area (Å²) in [6.45, 7) is 6.35. The average Bonchev–Trinajstić information content (AvgIpc) is 2.40. The maximum Gasteiger partial charge on any atom is 0.182 e. The summed E-state index contributed by atoms with van der Waals surface area (Å²) in [5.74, 6) is 0.127. The van der Waals surface area contributed by atoms with Gasteiger partial charge in [-0.2, -0.15) is 0 Å². The highest BCUT2D eigenvalue weighted by molar-refractivity contribution is 6.00. The topological polar surface area (TPSA) is 29.1 Å². The number of hydrogen-bond donors (Lipinski definition) is 1. The fourth-order valence-electron chi connectivity index (χ4n) is 1.99. The molecule has 0 aliphatic carbocycles. The van der Waals surface area contributed by atoms with E-state index in [9.17, 15) is 4.79 Å². The van der Waals surface area contributed by atoms with Gasteiger partial charge in [0.2, 0.25) is 0 Å². The Morgan fingerprint density at radius 2 is 1.58 bits per heavy atom. The van der Waals surface area contributed by atoms with Gasteiger partial charge in [-0.15, -0.1) is 0 Å². The van der Waals surface area contributed by atoms with Crippen LogP contribution >= 0.6 is 0 Å². The van der Waals surface area contributed by atoms with Gasteiger partial charge in [0.15, 0.2) is 5.78 Å². The highest BCUT2D eigenvalue weighted by Gasteiger charge is 2.08. The number of Topliss-reactive ketones (excluding diaryl/α,β-unsaturated/α-hetero) is 1. The minimum absolute atomic E-state index is 0.127. The first-order chi connectivity index (χ1) is 9.06. The molecule has 0 aromatic heterocycles. The molecule has 2 nitrogen and oxygen atoms in total. The Hall–Kier alpha value is -2.09. The Kier molecular flexibility index (Phi) is 4.00. The molecule has 2 heteroatoms. The first-order valence-electron chi connectivity index (χ1n) is 6.47. The summed E-state index contributed by atoms with van der Waals surface area (Å²) < 4.78 is 0. The lowest BCUT2D eigenvalue weighted by atomic mass is 10.0. The second-order valence-corrected chi connectivity index (χ2v) is 4.96. The van der Waals surface area contributed by atoms with Gasteiger partial charge in [0.25, 0.3) is 0 Å². The van der Waals surface area contributed by atoms with Crippen molar-refractivity contribution in [1.29, 1.82) is 0 Å². The molecule has 0 radical (unpaired) electrons. The van der Waals surface area contributed by atoms with Crippen LogP contribution in [-0.2, 0) is 0 Å². The SMILES string of the molecule is Cc1ccc(NCC(=O)c2cc(C)ccc2C)cc1. The molecular formula is C17H19NO. The molecule has 98 valence electrons. The molecule has 0 unspecified atom stereocenters. The molecule has 0 bridgehead atoms. The zero-order valence-corrected chi connectivity index (χ0v) is 11.7. The van der Waals surface area contributed by atoms with Gasteiger partial charge in [-0.1, -0.05) is 35.4 Å². The number of aryl methyl sites for hydroxylation is 3. The van der Waals surface area contributed by atoms with E-state index < -0.39 is 0 Å². The lowest BCUT2D eigenvalue weighted by Crippen LogP contribution is -2.15. The Bertz CT molecular complexity index is 585. The maximum absolute atomic E-state index is 12.2. The van der Waals surface area contributed by atoms with Gasteiger partial charge in [-0.25, -0.2) is 0 Å². The summed E-state index contributed by atoms with van der Waals surface area (Å²) in [5.41, 5.74) is 5.14. The molecule has 0 heterocycles. The Morgan fingerprint density at radius 3 is 2.26 bits per heavy atom. The number of hydrogen-bond acceptors (Lipinski definition) is 2. The summed E-state index contributed by atoms with van der Waals surface area (Å²) in [6, 6.07) is 14.0. The second kappa shape index (κ2) is 5.70. The predicted molar refractivity (Wildman–Crippen MR) is 79.9 cm³/mol. The molecule has 1 N–H and O–H groups in total. The standard InChI is InChI=1S/C17H19NO/c1-12-5-8-15(9-6-12)18-11-17(19)16-10-13(2)4-7-14(16)3/h4-10,18H,11H2,1-3H3. The van der Waals surface area contributed by atoms with E-state index in [2.05, 4.69) is 5.32 Å². The minimum Gasteiger partial charge on any atom is -0.378 e. The Balaban J connectivity index is 2.05. The van der Waals surface area contributed by atoms with E-state index in [1.807, 2.05) is 63.2 Å². The van der Waals surface area contributed by atoms with Gasteiger partial charge in [-0.3, -0.25) is 4.79 Å². The Labute approximate surface area is 114 Å². The van der Waals surface area contributed by atoms with Crippen LogP contribution in [-0.4, -0.2) is 12.3 Å². The van der Waals surface area contributed by atoms with E-state index in [0.717, 1.165) is 22.4 Å². The number of carbonyl (C=O) groups excluding carboxylic acids is 1. The van der Waals surface area contributed by atoms with Gasteiger partial charge in [-0.05, 0) is 44.5 Å². The van der Waals surface area contributed by atoms with Crippen molar-refractivity contribution in [2.75, 3.05) is 11.9 Å². The molecule has 0 amide bonds. The number of nitrogens with one attached hydrogen (secondary N) is 1. The number of anilines is 1. The van der Waals surface area contributed by atoms with Crippen molar-refractivity contribution >= 4 is 11.5 Å². The molecule has 2 aromatic carbocycles. The van der Waals surface area contributed by atoms with Crippen LogP contribution in [0.2, 0.25) is 0 Å². The second-order valence-electron chi connectivity index (χ2n) is 4.96. The van der Waals surface area contributed by atoms with Crippen LogP contribution in [0.25, 0.3) is 0 Å². The fourth-order valence-corrected chi connectivity index (χ4v) is 1.99. The monoisotopic (exact) mass is 253 g/mol. The van der Waals surface area contributed by atoms with Crippen LogP contribution in [0.15, 0.2) is 42.5 Å². The van der Waals surface area contributed by atoms with Crippen molar-refractivity contribution in [3.8, 4) is 0 Å². The summed E-state index contributed by atoms with van der Waals surface area (Å²) in [4.78, 5) is 12.2. The zero-order chi connectivity index (χ0) is 13.8. The van der Waals surface area contributed by atoms with Gasteiger partial charge in [0.05, 0.1) is 6.54 Å². The molecule has 0 fully saturated rings. The highest BCUT2D eigenvalue weighted by atomic mass is 16.1. The summed E-state index contributed by atoms with van der Waals surface area (Å²) >= 11 is 0. The zero-order valence-electron chi connectivity index (χ0n) is 11.7. The van der Waals surface area contributed by atoms with Crippen LogP contribution in [0.1, 0.15) is 27.0 Å². The van der Waals surface area contributed by atoms with Crippen molar-refractivity contribution in [2.45, 2.75) is 20.8 Å². The van der Waals surface area contributed by atoms with Crippen LogP contribution in [0.3, 0.4) is 0 Å². The van der Waals surface area contributed by atoms with Crippen molar-refractivity contribution < 1.29 is 4.79 Å². The summed E-state index contributed by atoms with van der Waals surface area (Å²) in [7, 11) is 0. The number of rotatable bonds is 4. The predicted octanol–water partition coefficient (Wildman–Crippen LogP) is 3.91. The molecular weight excluding hydrogens is 234 g/mol. The lowest BCUT2D eigenvalue weighted by molar-refractivity contribution is 0.101. The molecule has 0 spiro atoms. The van der Waals surface area contributed by atoms with E-state index in [1.54, 1.807) is 0 Å². The van der Waals surface area contributed by atoms with Crippen molar-refractivity contribution in [1.82, 2.24) is 0 Å². The molecule has 0 saturated carbocycles. The van der Waals surface area contributed by atoms with Crippen molar-refractivity contribution in [3.05, 3.63) is 64.7 Å². The van der Waals surface area contributed by atoms with Gasteiger partial charge in [0, 0.05) is 11.3 Å². The van der Waals surface area contributed by atoms with Gasteiger partial charge in [0.1, 0.15) is 0 Å². The normalized spacial score (nSPS) is 10.3. The maximum atomic E-state index is 12.2. The molecule has 19 heavy (non-hydrogen) atoms. The van der Waals surface area contributed by atoms with Crippen LogP contribution in [0.4, 0.5) is 5.69 Å². The average molecular weight is 253 g/mol. The smallest absolute Gasteiger partial charge is 0.182 e. The molecule has 0 atom stereocenters. The van der Waals surface area contributed by atoms with Gasteiger partial charge >= 0.3 is 0 Å². The number of ketones is 1. The molecule has 2 rings (SSSR count). The number of benzene rings is 2. The van der Waals surface area contributed by atoms with Crippen molar-refractivity contribution in [3.63, 3.8) is 0 Å². The molecule has 0 saturated heterocycles. The number of carbonyl (C=O) groups is 1. The third-order valence-corrected chi connectivity index (χ3v) is 3.20. The third-order valence-electron chi connectivity index (χ3n) is 3.20. The summed E-state index contributed by atoms with van der Waals surface area (Å²) in [6.07, 6.45) is 0. The first kappa shape index (κ1) is 13.3. The minimum atomic E-state index is 0.127. The largest absolute Gasteiger partial charge is 0.378 e. The van der Waals surface area contributed by atoms with E-state index in [1.165, 1.54) is 5.56 Å². The summed E-state index contributed by atoms with van der Waals surface area (Å²) in [5, 5.41) is 3.17. The van der Waals surface area contributed by atoms with Crippen LogP contribution in [0.5, 0.6) is 0 Å². The molecule has 0 aliphatic rings. The van der Waals surface area contributed by atoms with Crippen molar-refractivity contribution in [2.24, 2.45) is 0 Å². The van der Waals surface area contributed by atoms with Crippen LogP contribution < -0.4 is 5.32 Å². The third kappa shape index (κ3) is 3.44. The fraction of sp³-hybridized carbons (Fsp3) is 0.235. The lowest BCUT2D eigenvalue weighted by Gasteiger charge is -2.09. The van der Waals surface area contributed by atoms with E-state index >= 15 is 0 Å². The van der Waals surface area contributed by atoms with E-state index in [4.69, 9.17) is 0 Å². The highest BCUT2D eigenvalue weighted by Crippen LogP contribution is 2.13. The molecule has 0 aliphatic heterocycles. The van der Waals surface area contributed by atoms with E-state index in [0.29, 0.717) is 6.54 Å².